The number of aromatic nitrogens is 2. The first-order valence-corrected chi connectivity index (χ1v) is 4.03. The van der Waals surface area contributed by atoms with Gasteiger partial charge in [0.25, 0.3) is 0 Å². The zero-order chi connectivity index (χ0) is 9.97. The molecule has 0 bridgehead atoms. The molecule has 0 aliphatic heterocycles. The highest BCUT2D eigenvalue weighted by Crippen LogP contribution is 2.17. The van der Waals surface area contributed by atoms with Gasteiger partial charge in [0.15, 0.2) is 0 Å². The molecular formula is C9H8N4O. The molecular weight excluding hydrogens is 180 g/mol. The number of anilines is 1. The molecule has 0 aliphatic carbocycles. The lowest BCUT2D eigenvalue weighted by Gasteiger charge is -2.03. The second-order valence-corrected chi connectivity index (χ2v) is 2.73. The number of fused-ring (bicyclic) bond motifs is 1. The van der Waals surface area contributed by atoms with Gasteiger partial charge in [0, 0.05) is 5.39 Å². The van der Waals surface area contributed by atoms with E-state index in [1.807, 2.05) is 24.3 Å². The van der Waals surface area contributed by atoms with Crippen LogP contribution in [0.15, 0.2) is 30.6 Å². The van der Waals surface area contributed by atoms with Crippen LogP contribution < -0.4 is 11.1 Å². The molecule has 0 saturated carbocycles. The standard InChI is InChI=1S/C9H8N4O/c10-9(14)13-8-6-3-1-2-4-7(6)11-5-12-8/h1-5H,(H3,10,11,12,13,14). The molecule has 1 aromatic heterocycles. The van der Waals surface area contributed by atoms with E-state index in [0.717, 1.165) is 10.9 Å². The molecule has 5 nitrogen and oxygen atoms in total. The highest BCUT2D eigenvalue weighted by molar-refractivity contribution is 5.97. The lowest BCUT2D eigenvalue weighted by Crippen LogP contribution is -2.20. The van der Waals surface area contributed by atoms with Crippen LogP contribution in [0.2, 0.25) is 0 Å². The monoisotopic (exact) mass is 188 g/mol. The molecule has 0 saturated heterocycles. The summed E-state index contributed by atoms with van der Waals surface area (Å²) in [6.07, 6.45) is 1.38. The van der Waals surface area contributed by atoms with Gasteiger partial charge in [-0.05, 0) is 12.1 Å². The van der Waals surface area contributed by atoms with Crippen molar-refractivity contribution in [2.75, 3.05) is 5.32 Å². The number of para-hydroxylation sites is 1. The first kappa shape index (κ1) is 8.43. The normalized spacial score (nSPS) is 10.0. The van der Waals surface area contributed by atoms with Crippen LogP contribution in [-0.2, 0) is 0 Å². The minimum Gasteiger partial charge on any atom is -0.351 e. The maximum atomic E-state index is 10.7. The van der Waals surface area contributed by atoms with Crippen molar-refractivity contribution >= 4 is 22.8 Å². The van der Waals surface area contributed by atoms with Gasteiger partial charge < -0.3 is 5.73 Å². The van der Waals surface area contributed by atoms with Gasteiger partial charge >= 0.3 is 6.03 Å². The zero-order valence-corrected chi connectivity index (χ0v) is 7.27. The average Bonchev–Trinajstić information content (AvgIpc) is 2.18. The zero-order valence-electron chi connectivity index (χ0n) is 7.27. The Kier molecular flexibility index (Phi) is 1.98. The summed E-state index contributed by atoms with van der Waals surface area (Å²) in [6.45, 7) is 0. The summed E-state index contributed by atoms with van der Waals surface area (Å²) in [6, 6.07) is 6.74. The highest BCUT2D eigenvalue weighted by Gasteiger charge is 2.03. The molecule has 0 fully saturated rings. The molecule has 1 aromatic carbocycles. The van der Waals surface area contributed by atoms with E-state index in [1.54, 1.807) is 0 Å². The van der Waals surface area contributed by atoms with E-state index in [2.05, 4.69) is 15.3 Å². The third kappa shape index (κ3) is 1.47. The van der Waals surface area contributed by atoms with Crippen LogP contribution in [0, 0.1) is 0 Å². The van der Waals surface area contributed by atoms with Gasteiger partial charge in [-0.1, -0.05) is 12.1 Å². The molecule has 5 heteroatoms. The van der Waals surface area contributed by atoms with E-state index in [4.69, 9.17) is 5.73 Å². The summed E-state index contributed by atoms with van der Waals surface area (Å²) in [5.74, 6) is 0.433. The molecule has 70 valence electrons. The Labute approximate surface area is 80.0 Å². The number of nitrogens with two attached hydrogens (primary N) is 1. The Morgan fingerprint density at radius 3 is 2.86 bits per heavy atom. The summed E-state index contributed by atoms with van der Waals surface area (Å²) in [7, 11) is 0. The third-order valence-corrected chi connectivity index (χ3v) is 1.78. The molecule has 0 unspecified atom stereocenters. The number of hydrogen-bond donors (Lipinski definition) is 2. The minimum absolute atomic E-state index is 0.433. The molecule has 0 radical (unpaired) electrons. The van der Waals surface area contributed by atoms with Crippen LogP contribution in [0.5, 0.6) is 0 Å². The van der Waals surface area contributed by atoms with E-state index in [-0.39, 0.29) is 0 Å². The Bertz CT molecular complexity index is 478. The number of benzene rings is 1. The van der Waals surface area contributed by atoms with Crippen LogP contribution in [0.25, 0.3) is 10.9 Å². The Morgan fingerprint density at radius 2 is 2.07 bits per heavy atom. The van der Waals surface area contributed by atoms with Gasteiger partial charge in [-0.15, -0.1) is 0 Å². The van der Waals surface area contributed by atoms with Gasteiger partial charge in [0.1, 0.15) is 12.1 Å². The van der Waals surface area contributed by atoms with E-state index >= 15 is 0 Å². The van der Waals surface area contributed by atoms with Crippen molar-refractivity contribution in [1.29, 1.82) is 0 Å². The minimum atomic E-state index is -0.631. The summed E-state index contributed by atoms with van der Waals surface area (Å²) >= 11 is 0. The SMILES string of the molecule is NC(=O)Nc1ncnc2ccccc12. The van der Waals surface area contributed by atoms with Crippen molar-refractivity contribution in [3.8, 4) is 0 Å². The summed E-state index contributed by atoms with van der Waals surface area (Å²) in [4.78, 5) is 18.6. The highest BCUT2D eigenvalue weighted by atomic mass is 16.2. The molecule has 14 heavy (non-hydrogen) atoms. The van der Waals surface area contributed by atoms with Crippen LogP contribution >= 0.6 is 0 Å². The fourth-order valence-corrected chi connectivity index (χ4v) is 1.22. The average molecular weight is 188 g/mol. The molecule has 2 aromatic rings. The van der Waals surface area contributed by atoms with Crippen molar-refractivity contribution in [2.45, 2.75) is 0 Å². The van der Waals surface area contributed by atoms with Gasteiger partial charge in [-0.2, -0.15) is 0 Å². The molecule has 3 N–H and O–H groups in total. The van der Waals surface area contributed by atoms with Crippen molar-refractivity contribution in [3.63, 3.8) is 0 Å². The Hall–Kier alpha value is -2.17. The van der Waals surface area contributed by atoms with Crippen LogP contribution in [0.4, 0.5) is 10.6 Å². The van der Waals surface area contributed by atoms with Crippen LogP contribution in [0.1, 0.15) is 0 Å². The first-order valence-electron chi connectivity index (χ1n) is 4.03. The predicted molar refractivity (Wildman–Crippen MR) is 52.7 cm³/mol. The molecule has 1 heterocycles. The van der Waals surface area contributed by atoms with Gasteiger partial charge in [-0.25, -0.2) is 14.8 Å². The Morgan fingerprint density at radius 1 is 1.29 bits per heavy atom. The molecule has 0 atom stereocenters. The number of nitrogens with zero attached hydrogens (tertiary/aromatic N) is 2. The number of hydrogen-bond acceptors (Lipinski definition) is 3. The largest absolute Gasteiger partial charge is 0.351 e. The summed E-state index contributed by atoms with van der Waals surface area (Å²) in [5.41, 5.74) is 5.77. The Balaban J connectivity index is 2.59. The molecule has 0 spiro atoms. The van der Waals surface area contributed by atoms with Crippen LogP contribution in [-0.4, -0.2) is 16.0 Å². The van der Waals surface area contributed by atoms with Crippen molar-refractivity contribution < 1.29 is 4.79 Å². The fraction of sp³-hybridized carbons (Fsp3) is 0. The number of amides is 2. The summed E-state index contributed by atoms with van der Waals surface area (Å²) in [5, 5.41) is 3.21. The maximum absolute atomic E-state index is 10.7. The van der Waals surface area contributed by atoms with Gasteiger partial charge in [0.05, 0.1) is 5.52 Å². The van der Waals surface area contributed by atoms with Crippen LogP contribution in [0.3, 0.4) is 0 Å². The number of primary amides is 1. The second kappa shape index (κ2) is 3.29. The number of rotatable bonds is 1. The summed E-state index contributed by atoms with van der Waals surface area (Å²) < 4.78 is 0. The smallest absolute Gasteiger partial charge is 0.317 e. The van der Waals surface area contributed by atoms with E-state index in [9.17, 15) is 4.79 Å². The number of nitrogens with one attached hydrogen (secondary N) is 1. The second-order valence-electron chi connectivity index (χ2n) is 2.73. The third-order valence-electron chi connectivity index (χ3n) is 1.78. The van der Waals surface area contributed by atoms with Gasteiger partial charge in [-0.3, -0.25) is 5.32 Å². The fourth-order valence-electron chi connectivity index (χ4n) is 1.22. The number of urea groups is 1. The van der Waals surface area contributed by atoms with Crippen molar-refractivity contribution in [1.82, 2.24) is 9.97 Å². The van der Waals surface area contributed by atoms with E-state index in [0.29, 0.717) is 5.82 Å². The lowest BCUT2D eigenvalue weighted by molar-refractivity contribution is 0.259. The molecule has 0 aliphatic rings. The molecule has 2 amide bonds. The predicted octanol–water partition coefficient (Wildman–Crippen LogP) is 1.12. The number of carbonyl (C=O) groups is 1. The van der Waals surface area contributed by atoms with Crippen molar-refractivity contribution in [3.05, 3.63) is 30.6 Å². The first-order chi connectivity index (χ1) is 6.77. The van der Waals surface area contributed by atoms with E-state index < -0.39 is 6.03 Å². The topological polar surface area (TPSA) is 80.9 Å². The lowest BCUT2D eigenvalue weighted by atomic mass is 10.2. The van der Waals surface area contributed by atoms with Gasteiger partial charge in [0.2, 0.25) is 0 Å². The maximum Gasteiger partial charge on any atom is 0.317 e. The van der Waals surface area contributed by atoms with E-state index in [1.165, 1.54) is 6.33 Å². The van der Waals surface area contributed by atoms with Crippen molar-refractivity contribution in [2.24, 2.45) is 5.73 Å². The number of carbonyl (C=O) groups excluding carboxylic acids is 1. The molecule has 2 rings (SSSR count). The quantitative estimate of drug-likeness (QED) is 0.703.